The zero-order valence-electron chi connectivity index (χ0n) is 12.9. The van der Waals surface area contributed by atoms with Crippen molar-refractivity contribution in [2.24, 2.45) is 0 Å². The number of aromatic nitrogens is 2. The van der Waals surface area contributed by atoms with Crippen LogP contribution in [0.25, 0.3) is 10.9 Å². The topological polar surface area (TPSA) is 50.3 Å². The van der Waals surface area contributed by atoms with Gasteiger partial charge in [0.05, 0.1) is 24.3 Å². The standard InChI is InChI=1S/C16H22N4O/c1-4-17-15-18-13-8-6-5-7-12(13)14(19-15)20-9-10-21-11-16(20,2)3/h5-8H,4,9-11H2,1-3H3,(H,17,18,19). The molecule has 1 saturated heterocycles. The van der Waals surface area contributed by atoms with Gasteiger partial charge in [0.25, 0.3) is 0 Å². The van der Waals surface area contributed by atoms with E-state index in [2.05, 4.69) is 42.0 Å². The highest BCUT2D eigenvalue weighted by molar-refractivity contribution is 5.90. The highest BCUT2D eigenvalue weighted by atomic mass is 16.5. The third kappa shape index (κ3) is 2.65. The molecule has 1 aliphatic rings. The number of fused-ring (bicyclic) bond motifs is 1. The Morgan fingerprint density at radius 3 is 2.86 bits per heavy atom. The zero-order valence-corrected chi connectivity index (χ0v) is 12.9. The number of benzene rings is 1. The molecule has 1 fully saturated rings. The second-order valence-corrected chi connectivity index (χ2v) is 5.93. The van der Waals surface area contributed by atoms with E-state index in [9.17, 15) is 0 Å². The van der Waals surface area contributed by atoms with Crippen LogP contribution in [0, 0.1) is 0 Å². The SMILES string of the molecule is CCNc1nc(N2CCOCC2(C)C)c2ccccc2n1. The number of nitrogens with zero attached hydrogens (tertiary/aromatic N) is 3. The summed E-state index contributed by atoms with van der Waals surface area (Å²) in [6, 6.07) is 8.18. The van der Waals surface area contributed by atoms with Gasteiger partial charge >= 0.3 is 0 Å². The molecule has 1 N–H and O–H groups in total. The molecule has 0 bridgehead atoms. The highest BCUT2D eigenvalue weighted by Gasteiger charge is 2.32. The lowest BCUT2D eigenvalue weighted by Crippen LogP contribution is -2.53. The summed E-state index contributed by atoms with van der Waals surface area (Å²) in [4.78, 5) is 11.7. The smallest absolute Gasteiger partial charge is 0.225 e. The van der Waals surface area contributed by atoms with E-state index in [0.717, 1.165) is 36.4 Å². The average molecular weight is 286 g/mol. The number of anilines is 2. The molecule has 0 aliphatic carbocycles. The van der Waals surface area contributed by atoms with Gasteiger partial charge < -0.3 is 15.0 Å². The lowest BCUT2D eigenvalue weighted by molar-refractivity contribution is 0.0641. The monoisotopic (exact) mass is 286 g/mol. The van der Waals surface area contributed by atoms with Gasteiger partial charge in [-0.3, -0.25) is 0 Å². The summed E-state index contributed by atoms with van der Waals surface area (Å²) >= 11 is 0. The van der Waals surface area contributed by atoms with Gasteiger partial charge in [-0.2, -0.15) is 4.98 Å². The Labute approximate surface area is 125 Å². The molecule has 2 heterocycles. The predicted molar refractivity (Wildman–Crippen MR) is 85.9 cm³/mol. The molecule has 2 aromatic rings. The maximum absolute atomic E-state index is 5.63. The molecule has 112 valence electrons. The molecule has 1 aromatic carbocycles. The number of morpholine rings is 1. The number of rotatable bonds is 3. The van der Waals surface area contributed by atoms with Crippen LogP contribution in [0.1, 0.15) is 20.8 Å². The Bertz CT molecular complexity index is 641. The normalized spacial score (nSPS) is 18.0. The molecule has 1 aliphatic heterocycles. The Morgan fingerprint density at radius 2 is 2.10 bits per heavy atom. The van der Waals surface area contributed by atoms with Gasteiger partial charge in [-0.1, -0.05) is 12.1 Å². The van der Waals surface area contributed by atoms with Crippen LogP contribution in [0.4, 0.5) is 11.8 Å². The fourth-order valence-corrected chi connectivity index (χ4v) is 2.75. The van der Waals surface area contributed by atoms with Crippen LogP contribution in [0.3, 0.4) is 0 Å². The summed E-state index contributed by atoms with van der Waals surface area (Å²) < 4.78 is 5.63. The molecule has 5 nitrogen and oxygen atoms in total. The van der Waals surface area contributed by atoms with E-state index in [0.29, 0.717) is 12.6 Å². The first-order chi connectivity index (χ1) is 10.1. The van der Waals surface area contributed by atoms with Crippen molar-refractivity contribution in [3.8, 4) is 0 Å². The lowest BCUT2D eigenvalue weighted by Gasteiger charge is -2.43. The lowest BCUT2D eigenvalue weighted by atomic mass is 10.0. The molecule has 21 heavy (non-hydrogen) atoms. The van der Waals surface area contributed by atoms with Crippen LogP contribution in [0.5, 0.6) is 0 Å². The third-order valence-electron chi connectivity index (χ3n) is 3.82. The van der Waals surface area contributed by atoms with Gasteiger partial charge in [0.2, 0.25) is 5.95 Å². The van der Waals surface area contributed by atoms with Crippen LogP contribution < -0.4 is 10.2 Å². The Balaban J connectivity index is 2.15. The van der Waals surface area contributed by atoms with E-state index < -0.39 is 0 Å². The molecular formula is C16H22N4O. The second kappa shape index (κ2) is 5.48. The molecule has 3 rings (SSSR count). The van der Waals surface area contributed by atoms with Gasteiger partial charge in [-0.15, -0.1) is 0 Å². The fourth-order valence-electron chi connectivity index (χ4n) is 2.75. The first kappa shape index (κ1) is 14.1. The number of nitrogens with one attached hydrogen (secondary N) is 1. The fraction of sp³-hybridized carbons (Fsp3) is 0.500. The third-order valence-corrected chi connectivity index (χ3v) is 3.82. The van der Waals surface area contributed by atoms with Crippen molar-refractivity contribution in [3.63, 3.8) is 0 Å². The van der Waals surface area contributed by atoms with Crippen LogP contribution in [-0.4, -0.2) is 41.8 Å². The molecule has 0 radical (unpaired) electrons. The van der Waals surface area contributed by atoms with Gasteiger partial charge in [-0.05, 0) is 32.9 Å². The van der Waals surface area contributed by atoms with Gasteiger partial charge in [0.1, 0.15) is 5.82 Å². The minimum atomic E-state index is -0.0706. The Hall–Kier alpha value is -1.88. The van der Waals surface area contributed by atoms with Crippen LogP contribution in [0.2, 0.25) is 0 Å². The summed E-state index contributed by atoms with van der Waals surface area (Å²) in [5.41, 5.74) is 0.902. The molecular weight excluding hydrogens is 264 g/mol. The Kier molecular flexibility index (Phi) is 3.68. The largest absolute Gasteiger partial charge is 0.377 e. The van der Waals surface area contributed by atoms with Crippen molar-refractivity contribution in [1.29, 1.82) is 0 Å². The van der Waals surface area contributed by atoms with E-state index in [1.807, 2.05) is 18.2 Å². The molecule has 0 spiro atoms. The average Bonchev–Trinajstić information content (AvgIpc) is 2.46. The van der Waals surface area contributed by atoms with Crippen molar-refractivity contribution in [2.45, 2.75) is 26.3 Å². The highest BCUT2D eigenvalue weighted by Crippen LogP contribution is 2.31. The van der Waals surface area contributed by atoms with Crippen molar-refractivity contribution in [2.75, 3.05) is 36.5 Å². The molecule has 0 atom stereocenters. The van der Waals surface area contributed by atoms with E-state index in [1.54, 1.807) is 0 Å². The van der Waals surface area contributed by atoms with E-state index in [1.165, 1.54) is 0 Å². The van der Waals surface area contributed by atoms with Crippen molar-refractivity contribution < 1.29 is 4.74 Å². The summed E-state index contributed by atoms with van der Waals surface area (Å²) in [6.07, 6.45) is 0. The van der Waals surface area contributed by atoms with Gasteiger partial charge in [-0.25, -0.2) is 4.98 Å². The van der Waals surface area contributed by atoms with E-state index in [4.69, 9.17) is 9.72 Å². The predicted octanol–water partition coefficient (Wildman–Crippen LogP) is 2.68. The van der Waals surface area contributed by atoms with Crippen LogP contribution in [0.15, 0.2) is 24.3 Å². The van der Waals surface area contributed by atoms with Gasteiger partial charge in [0, 0.05) is 18.5 Å². The molecule has 0 amide bonds. The maximum Gasteiger partial charge on any atom is 0.225 e. The minimum Gasteiger partial charge on any atom is -0.377 e. The summed E-state index contributed by atoms with van der Waals surface area (Å²) in [6.45, 7) is 9.53. The van der Waals surface area contributed by atoms with Crippen molar-refractivity contribution >= 4 is 22.7 Å². The van der Waals surface area contributed by atoms with E-state index in [-0.39, 0.29) is 5.54 Å². The van der Waals surface area contributed by atoms with Crippen LogP contribution in [-0.2, 0) is 4.74 Å². The molecule has 5 heteroatoms. The van der Waals surface area contributed by atoms with Crippen molar-refractivity contribution in [3.05, 3.63) is 24.3 Å². The van der Waals surface area contributed by atoms with Gasteiger partial charge in [0.15, 0.2) is 0 Å². The molecule has 0 unspecified atom stereocenters. The quantitative estimate of drug-likeness (QED) is 0.940. The summed E-state index contributed by atoms with van der Waals surface area (Å²) in [5, 5.41) is 4.32. The van der Waals surface area contributed by atoms with Crippen molar-refractivity contribution in [1.82, 2.24) is 9.97 Å². The minimum absolute atomic E-state index is 0.0706. The summed E-state index contributed by atoms with van der Waals surface area (Å²) in [7, 11) is 0. The molecule has 1 aromatic heterocycles. The number of ether oxygens (including phenoxy) is 1. The van der Waals surface area contributed by atoms with E-state index >= 15 is 0 Å². The van der Waals surface area contributed by atoms with Crippen LogP contribution >= 0.6 is 0 Å². The zero-order chi connectivity index (χ0) is 14.9. The first-order valence-corrected chi connectivity index (χ1v) is 7.48. The number of hydrogen-bond acceptors (Lipinski definition) is 5. The first-order valence-electron chi connectivity index (χ1n) is 7.48. The number of hydrogen-bond donors (Lipinski definition) is 1. The molecule has 0 saturated carbocycles. The second-order valence-electron chi connectivity index (χ2n) is 5.93. The number of para-hydroxylation sites is 1. The summed E-state index contributed by atoms with van der Waals surface area (Å²) in [5.74, 6) is 1.68. The Morgan fingerprint density at radius 1 is 1.29 bits per heavy atom. The maximum atomic E-state index is 5.63.